The number of benzene rings is 3. The molecule has 1 aliphatic heterocycles. The van der Waals surface area contributed by atoms with Gasteiger partial charge in [-0.2, -0.15) is 0 Å². The van der Waals surface area contributed by atoms with Gasteiger partial charge in [0.1, 0.15) is 11.5 Å². The zero-order chi connectivity index (χ0) is 18.9. The zero-order valence-corrected chi connectivity index (χ0v) is 15.4. The Morgan fingerprint density at radius 1 is 0.964 bits per heavy atom. The maximum absolute atomic E-state index is 12.6. The second kappa shape index (κ2) is 6.86. The summed E-state index contributed by atoms with van der Waals surface area (Å²) in [6, 6.07) is 20.1. The second-order valence-corrected chi connectivity index (χ2v) is 7.12. The predicted octanol–water partition coefficient (Wildman–Crippen LogP) is 5.07. The molecule has 0 saturated heterocycles. The van der Waals surface area contributed by atoms with Gasteiger partial charge in [0.25, 0.3) is 5.91 Å². The molecule has 0 atom stereocenters. The van der Waals surface area contributed by atoms with Crippen molar-refractivity contribution in [1.82, 2.24) is 4.98 Å². The number of carbonyl (C=O) groups is 1. The lowest BCUT2D eigenvalue weighted by Crippen LogP contribution is -2.11. The molecule has 0 unspecified atom stereocenters. The quantitative estimate of drug-likeness (QED) is 0.527. The standard InChI is InChI=1S/C21H14N2O4S/c24-20(13-5-4-8-15(9-13)27-14-6-2-1-3-7-14)23-21-22-16-10-17-18(26-12-25-17)11-19(16)28-21/h1-11H,12H2,(H,22,23,24). The average molecular weight is 390 g/mol. The highest BCUT2D eigenvalue weighted by Gasteiger charge is 2.17. The number of hydrogen-bond acceptors (Lipinski definition) is 6. The summed E-state index contributed by atoms with van der Waals surface area (Å²) in [5.41, 5.74) is 1.24. The number of amides is 1. The number of carbonyl (C=O) groups excluding carboxylic acids is 1. The summed E-state index contributed by atoms with van der Waals surface area (Å²) < 4.78 is 17.5. The fourth-order valence-corrected chi connectivity index (χ4v) is 3.74. The van der Waals surface area contributed by atoms with Crippen LogP contribution in [0.1, 0.15) is 10.4 Å². The Hall–Kier alpha value is -3.58. The van der Waals surface area contributed by atoms with Crippen molar-refractivity contribution in [3.63, 3.8) is 0 Å². The Morgan fingerprint density at radius 2 is 1.75 bits per heavy atom. The van der Waals surface area contributed by atoms with Crippen molar-refractivity contribution < 1.29 is 19.0 Å². The molecule has 28 heavy (non-hydrogen) atoms. The van der Waals surface area contributed by atoms with E-state index >= 15 is 0 Å². The molecule has 138 valence electrons. The maximum atomic E-state index is 12.6. The van der Waals surface area contributed by atoms with Crippen LogP contribution in [0.4, 0.5) is 5.13 Å². The van der Waals surface area contributed by atoms with Crippen molar-refractivity contribution in [3.05, 3.63) is 72.3 Å². The van der Waals surface area contributed by atoms with Crippen LogP contribution >= 0.6 is 11.3 Å². The molecule has 0 bridgehead atoms. The molecule has 0 spiro atoms. The van der Waals surface area contributed by atoms with Gasteiger partial charge >= 0.3 is 0 Å². The lowest BCUT2D eigenvalue weighted by molar-refractivity contribution is 0.102. The number of aromatic nitrogens is 1. The molecular formula is C21H14N2O4S. The molecular weight excluding hydrogens is 376 g/mol. The number of ether oxygens (including phenoxy) is 3. The first-order valence-corrected chi connectivity index (χ1v) is 9.41. The number of para-hydroxylation sites is 1. The molecule has 6 nitrogen and oxygen atoms in total. The number of anilines is 1. The molecule has 4 aromatic rings. The molecule has 5 rings (SSSR count). The van der Waals surface area contributed by atoms with Gasteiger partial charge in [0.15, 0.2) is 16.6 Å². The maximum Gasteiger partial charge on any atom is 0.257 e. The first-order chi connectivity index (χ1) is 13.7. The number of nitrogens with one attached hydrogen (secondary N) is 1. The van der Waals surface area contributed by atoms with E-state index in [1.807, 2.05) is 48.5 Å². The van der Waals surface area contributed by atoms with Crippen LogP contribution in [-0.2, 0) is 0 Å². The van der Waals surface area contributed by atoms with Crippen molar-refractivity contribution in [1.29, 1.82) is 0 Å². The largest absolute Gasteiger partial charge is 0.457 e. The topological polar surface area (TPSA) is 69.7 Å². The van der Waals surface area contributed by atoms with Gasteiger partial charge in [-0.1, -0.05) is 35.6 Å². The van der Waals surface area contributed by atoms with Crippen molar-refractivity contribution in [2.24, 2.45) is 0 Å². The lowest BCUT2D eigenvalue weighted by Gasteiger charge is -2.07. The predicted molar refractivity (Wildman–Crippen MR) is 107 cm³/mol. The summed E-state index contributed by atoms with van der Waals surface area (Å²) in [5.74, 6) is 2.41. The van der Waals surface area contributed by atoms with Gasteiger partial charge in [-0.3, -0.25) is 10.1 Å². The van der Waals surface area contributed by atoms with Crippen LogP contribution in [0.5, 0.6) is 23.0 Å². The van der Waals surface area contributed by atoms with Crippen LogP contribution in [0, 0.1) is 0 Å². The van der Waals surface area contributed by atoms with E-state index in [4.69, 9.17) is 14.2 Å². The van der Waals surface area contributed by atoms with Crippen molar-refractivity contribution in [3.8, 4) is 23.0 Å². The van der Waals surface area contributed by atoms with Crippen molar-refractivity contribution >= 4 is 32.6 Å². The molecule has 0 saturated carbocycles. The number of hydrogen-bond donors (Lipinski definition) is 1. The molecule has 1 aliphatic rings. The monoisotopic (exact) mass is 390 g/mol. The van der Waals surface area contributed by atoms with E-state index in [-0.39, 0.29) is 12.7 Å². The number of fused-ring (bicyclic) bond motifs is 2. The van der Waals surface area contributed by atoms with E-state index < -0.39 is 0 Å². The highest BCUT2D eigenvalue weighted by atomic mass is 32.1. The average Bonchev–Trinajstić information content (AvgIpc) is 3.32. The van der Waals surface area contributed by atoms with Crippen LogP contribution in [0.2, 0.25) is 0 Å². The van der Waals surface area contributed by atoms with Gasteiger partial charge in [0.05, 0.1) is 10.2 Å². The fraction of sp³-hybridized carbons (Fsp3) is 0.0476. The van der Waals surface area contributed by atoms with Crippen LogP contribution in [-0.4, -0.2) is 17.7 Å². The van der Waals surface area contributed by atoms with Crippen LogP contribution in [0.25, 0.3) is 10.2 Å². The van der Waals surface area contributed by atoms with E-state index in [0.29, 0.717) is 33.7 Å². The SMILES string of the molecule is O=C(Nc1nc2cc3c(cc2s1)OCO3)c1cccc(Oc2ccccc2)c1. The highest BCUT2D eigenvalue weighted by molar-refractivity contribution is 7.22. The third kappa shape index (κ3) is 3.23. The molecule has 2 heterocycles. The number of rotatable bonds is 4. The van der Waals surface area contributed by atoms with Crippen molar-refractivity contribution in [2.45, 2.75) is 0 Å². The molecule has 3 aromatic carbocycles. The zero-order valence-electron chi connectivity index (χ0n) is 14.5. The second-order valence-electron chi connectivity index (χ2n) is 6.09. The van der Waals surface area contributed by atoms with E-state index in [0.717, 1.165) is 10.2 Å². The van der Waals surface area contributed by atoms with Crippen molar-refractivity contribution in [2.75, 3.05) is 12.1 Å². The molecule has 1 amide bonds. The molecule has 1 aromatic heterocycles. The van der Waals surface area contributed by atoms with E-state index in [9.17, 15) is 4.79 Å². The Balaban J connectivity index is 1.35. The Morgan fingerprint density at radius 3 is 2.61 bits per heavy atom. The summed E-state index contributed by atoms with van der Waals surface area (Å²) in [6.45, 7) is 0.220. The number of thiazole rings is 1. The van der Waals surface area contributed by atoms with Gasteiger partial charge in [-0.15, -0.1) is 0 Å². The smallest absolute Gasteiger partial charge is 0.257 e. The minimum Gasteiger partial charge on any atom is -0.457 e. The summed E-state index contributed by atoms with van der Waals surface area (Å²) in [7, 11) is 0. The van der Waals surface area contributed by atoms with Gasteiger partial charge in [-0.05, 0) is 30.3 Å². The minimum atomic E-state index is -0.252. The first-order valence-electron chi connectivity index (χ1n) is 8.59. The third-order valence-electron chi connectivity index (χ3n) is 4.18. The van der Waals surface area contributed by atoms with E-state index in [1.165, 1.54) is 11.3 Å². The lowest BCUT2D eigenvalue weighted by atomic mass is 10.2. The highest BCUT2D eigenvalue weighted by Crippen LogP contribution is 2.39. The minimum absolute atomic E-state index is 0.220. The fourth-order valence-electron chi connectivity index (χ4n) is 2.87. The molecule has 1 N–H and O–H groups in total. The van der Waals surface area contributed by atoms with Crippen LogP contribution in [0.15, 0.2) is 66.7 Å². The summed E-state index contributed by atoms with van der Waals surface area (Å²) in [4.78, 5) is 17.1. The summed E-state index contributed by atoms with van der Waals surface area (Å²) in [5, 5.41) is 3.36. The Bertz CT molecular complexity index is 1130. The first kappa shape index (κ1) is 16.6. The van der Waals surface area contributed by atoms with E-state index in [1.54, 1.807) is 18.2 Å². The molecule has 0 radical (unpaired) electrons. The third-order valence-corrected chi connectivity index (χ3v) is 5.11. The molecule has 0 fully saturated rings. The van der Waals surface area contributed by atoms with Gasteiger partial charge in [0.2, 0.25) is 6.79 Å². The normalized spacial score (nSPS) is 12.1. The number of nitrogens with zero attached hydrogens (tertiary/aromatic N) is 1. The van der Waals surface area contributed by atoms with Crippen LogP contribution < -0.4 is 19.5 Å². The Labute approximate surface area is 164 Å². The van der Waals surface area contributed by atoms with Gasteiger partial charge in [0, 0.05) is 17.7 Å². The molecule has 0 aliphatic carbocycles. The van der Waals surface area contributed by atoms with Gasteiger partial charge in [-0.25, -0.2) is 4.98 Å². The summed E-state index contributed by atoms with van der Waals surface area (Å²) >= 11 is 1.38. The van der Waals surface area contributed by atoms with E-state index in [2.05, 4.69) is 10.3 Å². The van der Waals surface area contributed by atoms with Crippen LogP contribution in [0.3, 0.4) is 0 Å². The van der Waals surface area contributed by atoms with Gasteiger partial charge < -0.3 is 14.2 Å². The molecule has 7 heteroatoms. The Kier molecular flexibility index (Phi) is 4.06. The summed E-state index contributed by atoms with van der Waals surface area (Å²) in [6.07, 6.45) is 0.